The van der Waals surface area contributed by atoms with E-state index in [0.29, 0.717) is 0 Å². The summed E-state index contributed by atoms with van der Waals surface area (Å²) in [4.78, 5) is 27.6. The maximum atomic E-state index is 9.10. The average Bonchev–Trinajstić information content (AvgIpc) is 1.68. The molecule has 0 aromatic rings. The minimum atomic E-state index is -1.82. The predicted molar refractivity (Wildman–Crippen MR) is 24.1 cm³/mol. The van der Waals surface area contributed by atoms with Crippen LogP contribution in [0.15, 0.2) is 0 Å². The molecule has 7 heteroatoms. The van der Waals surface area contributed by atoms with Crippen LogP contribution in [0.25, 0.3) is 5.53 Å². The van der Waals surface area contributed by atoms with Gasteiger partial charge in [-0.2, -0.15) is 0 Å². The third kappa shape index (κ3) is 22.3. The Labute approximate surface area is 48.4 Å². The van der Waals surface area contributed by atoms with E-state index in [1.807, 2.05) is 0 Å². The van der Waals surface area contributed by atoms with Crippen molar-refractivity contribution in [3.63, 3.8) is 0 Å². The molecule has 0 aromatic heterocycles. The summed E-state index contributed by atoms with van der Waals surface area (Å²) in [6.45, 7) is 0. The molecule has 0 aromatic carbocycles. The molecule has 0 rings (SSSR count). The molecule has 0 heterocycles. The van der Waals surface area contributed by atoms with Crippen LogP contribution in [0.3, 0.4) is 0 Å². The van der Waals surface area contributed by atoms with Crippen LogP contribution in [-0.4, -0.2) is 22.2 Å². The number of aliphatic carboxylic acids is 2. The Kier molecular flexibility index (Phi) is 7.14. The van der Waals surface area contributed by atoms with E-state index in [-0.39, 0.29) is 0 Å². The molecular formula is C2H2N2O5. The maximum absolute atomic E-state index is 9.10. The van der Waals surface area contributed by atoms with Gasteiger partial charge in [-0.05, 0) is 0 Å². The number of nitrogens with zero attached hydrogens (tertiary/aromatic N) is 2. The normalized spacial score (nSPS) is 5.78. The van der Waals surface area contributed by atoms with Crippen LogP contribution in [-0.2, 0) is 9.59 Å². The van der Waals surface area contributed by atoms with Crippen LogP contribution in [0.4, 0.5) is 0 Å². The number of nitroso groups, excluding NO2 is 1. The first-order valence-electron chi connectivity index (χ1n) is 1.49. The zero-order chi connectivity index (χ0) is 7.86. The van der Waals surface area contributed by atoms with Crippen LogP contribution in [0.5, 0.6) is 0 Å². The first-order chi connectivity index (χ1) is 4.06. The van der Waals surface area contributed by atoms with Crippen LogP contribution in [0.1, 0.15) is 0 Å². The third-order valence-electron chi connectivity index (χ3n) is 0.183. The van der Waals surface area contributed by atoms with Crippen molar-refractivity contribution < 1.29 is 19.8 Å². The molecule has 0 radical (unpaired) electrons. The van der Waals surface area contributed by atoms with Gasteiger partial charge in [0.1, 0.15) is 4.97 Å². The Bertz CT molecular complexity index is 133. The number of carboxylic acid groups (broad SMARTS) is 2. The zero-order valence-corrected chi connectivity index (χ0v) is 4.01. The highest BCUT2D eigenvalue weighted by Crippen LogP contribution is 1.56. The van der Waals surface area contributed by atoms with E-state index in [4.69, 9.17) is 30.2 Å². The fraction of sp³-hybridized carbons (Fsp3) is 0. The number of carboxylic acids is 2. The van der Waals surface area contributed by atoms with Gasteiger partial charge in [0.25, 0.3) is 0 Å². The second-order valence-electron chi connectivity index (χ2n) is 0.692. The lowest BCUT2D eigenvalue weighted by Gasteiger charge is -1.72. The monoisotopic (exact) mass is 134 g/mol. The van der Waals surface area contributed by atoms with Gasteiger partial charge in [-0.25, -0.2) is 9.59 Å². The van der Waals surface area contributed by atoms with E-state index < -0.39 is 11.9 Å². The van der Waals surface area contributed by atoms with Gasteiger partial charge in [0.2, 0.25) is 0 Å². The van der Waals surface area contributed by atoms with Crippen molar-refractivity contribution in [2.75, 3.05) is 0 Å². The summed E-state index contributed by atoms with van der Waals surface area (Å²) in [7, 11) is 0. The molecule has 0 fully saturated rings. The van der Waals surface area contributed by atoms with Gasteiger partial charge in [-0.15, -0.1) is 0 Å². The van der Waals surface area contributed by atoms with Crippen LogP contribution >= 0.6 is 0 Å². The average molecular weight is 134 g/mol. The lowest BCUT2D eigenvalue weighted by molar-refractivity contribution is -0.159. The Morgan fingerprint density at radius 1 is 1.22 bits per heavy atom. The fourth-order valence-corrected chi connectivity index (χ4v) is 0. The molecule has 0 aliphatic heterocycles. The van der Waals surface area contributed by atoms with Crippen molar-refractivity contribution in [2.45, 2.75) is 0 Å². The van der Waals surface area contributed by atoms with Crippen LogP contribution in [0, 0.1) is 4.91 Å². The van der Waals surface area contributed by atoms with E-state index in [1.54, 1.807) is 0 Å². The minimum absolute atomic E-state index is 1.25. The smallest absolute Gasteiger partial charge is 0.414 e. The molecule has 0 saturated heterocycles. The van der Waals surface area contributed by atoms with Crippen molar-refractivity contribution >= 4 is 11.9 Å². The fourth-order valence-electron chi connectivity index (χ4n) is 0. The molecular weight excluding hydrogens is 132 g/mol. The Balaban J connectivity index is 0. The van der Waals surface area contributed by atoms with Crippen molar-refractivity contribution in [3.8, 4) is 0 Å². The lowest BCUT2D eigenvalue weighted by atomic mass is 10.7. The lowest BCUT2D eigenvalue weighted by Crippen LogP contribution is -2.09. The van der Waals surface area contributed by atoms with Crippen molar-refractivity contribution in [1.82, 2.24) is 4.97 Å². The van der Waals surface area contributed by atoms with Gasteiger partial charge in [0, 0.05) is 0 Å². The molecule has 9 heavy (non-hydrogen) atoms. The molecule has 50 valence electrons. The predicted octanol–water partition coefficient (Wildman–Crippen LogP) is -1.00. The van der Waals surface area contributed by atoms with Gasteiger partial charge < -0.3 is 10.2 Å². The van der Waals surface area contributed by atoms with E-state index in [1.165, 1.54) is 4.97 Å². The number of rotatable bonds is 0. The highest BCUT2D eigenvalue weighted by molar-refractivity contribution is 6.27. The maximum Gasteiger partial charge on any atom is 0.414 e. The molecule has 0 atom stereocenters. The summed E-state index contributed by atoms with van der Waals surface area (Å²) in [5, 5.41) is 14.8. The molecule has 0 aliphatic carbocycles. The number of hydrogen-bond acceptors (Lipinski definition) is 3. The zero-order valence-electron chi connectivity index (χ0n) is 4.01. The van der Waals surface area contributed by atoms with Crippen LogP contribution < -0.4 is 4.97 Å². The first-order valence-corrected chi connectivity index (χ1v) is 1.49. The minimum Gasteiger partial charge on any atom is -0.473 e. The van der Waals surface area contributed by atoms with Gasteiger partial charge in [0.05, 0.1) is 0 Å². The summed E-state index contributed by atoms with van der Waals surface area (Å²) >= 11 is 0. The topological polar surface area (TPSA) is 128 Å². The SMILES string of the molecule is O=C(O)C(=O)O.[N-]=[N+]=O. The van der Waals surface area contributed by atoms with Crippen molar-refractivity contribution in [2.24, 2.45) is 0 Å². The standard InChI is InChI=1S/C2H2O4.N2O/c3-1(4)2(5)6;1-2-3/h(H,3,4)(H,5,6);. The van der Waals surface area contributed by atoms with Gasteiger partial charge in [-0.3, -0.25) is 5.53 Å². The van der Waals surface area contributed by atoms with E-state index in [0.717, 1.165) is 0 Å². The van der Waals surface area contributed by atoms with Crippen molar-refractivity contribution in [3.05, 3.63) is 10.4 Å². The highest BCUT2D eigenvalue weighted by atomic mass is 16.4. The van der Waals surface area contributed by atoms with Gasteiger partial charge >= 0.3 is 11.9 Å². The summed E-state index contributed by atoms with van der Waals surface area (Å²) in [6.07, 6.45) is 0. The highest BCUT2D eigenvalue weighted by Gasteiger charge is 2.04. The first kappa shape index (κ1) is 10.3. The Morgan fingerprint density at radius 3 is 1.33 bits per heavy atom. The Hall–Kier alpha value is -1.75. The van der Waals surface area contributed by atoms with E-state index in [9.17, 15) is 0 Å². The van der Waals surface area contributed by atoms with Crippen molar-refractivity contribution in [1.29, 1.82) is 0 Å². The molecule has 0 bridgehead atoms. The van der Waals surface area contributed by atoms with E-state index in [2.05, 4.69) is 0 Å². The van der Waals surface area contributed by atoms with Gasteiger partial charge in [0.15, 0.2) is 4.91 Å². The van der Waals surface area contributed by atoms with Crippen LogP contribution in [0.2, 0.25) is 0 Å². The summed E-state index contributed by atoms with van der Waals surface area (Å²) in [6, 6.07) is 0. The number of carbonyl (C=O) groups is 2. The second-order valence-corrected chi connectivity index (χ2v) is 0.692. The third-order valence-corrected chi connectivity index (χ3v) is 0.183. The molecule has 0 spiro atoms. The number of hydrogen-bond donors (Lipinski definition) is 2. The quantitative estimate of drug-likeness (QED) is 0.249. The molecule has 0 aliphatic rings. The molecule has 0 unspecified atom stereocenters. The second kappa shape index (κ2) is 6.25. The summed E-state index contributed by atoms with van der Waals surface area (Å²) in [5.74, 6) is -3.65. The Morgan fingerprint density at radius 2 is 1.33 bits per heavy atom. The summed E-state index contributed by atoms with van der Waals surface area (Å²) < 4.78 is 0. The molecule has 0 saturated carbocycles. The molecule has 7 nitrogen and oxygen atoms in total. The molecule has 2 N–H and O–H groups in total. The summed E-state index contributed by atoms with van der Waals surface area (Å²) in [5.41, 5.74) is 6.64. The largest absolute Gasteiger partial charge is 0.473 e. The molecule has 0 amide bonds. The van der Waals surface area contributed by atoms with Gasteiger partial charge in [-0.1, -0.05) is 0 Å². The van der Waals surface area contributed by atoms with E-state index >= 15 is 0 Å².